The van der Waals surface area contributed by atoms with E-state index in [1.807, 2.05) is 0 Å². The minimum absolute atomic E-state index is 0.0426. The van der Waals surface area contributed by atoms with Gasteiger partial charge in [0.2, 0.25) is 0 Å². The number of hydrogen-bond donors (Lipinski definition) is 2. The molecule has 0 saturated heterocycles. The molecule has 5 heteroatoms. The van der Waals surface area contributed by atoms with E-state index in [0.29, 0.717) is 11.3 Å². The zero-order valence-electron chi connectivity index (χ0n) is 10.5. The Morgan fingerprint density at radius 2 is 2.22 bits per heavy atom. The number of hydrogen-bond acceptors (Lipinski definition) is 4. The van der Waals surface area contributed by atoms with Crippen LogP contribution in [0.3, 0.4) is 0 Å². The molecule has 0 radical (unpaired) electrons. The predicted molar refractivity (Wildman–Crippen MR) is 71.5 cm³/mol. The summed E-state index contributed by atoms with van der Waals surface area (Å²) in [5.41, 5.74) is 0. The summed E-state index contributed by atoms with van der Waals surface area (Å²) in [7, 11) is 1.67. The summed E-state index contributed by atoms with van der Waals surface area (Å²) in [4.78, 5) is 14.9. The molecule has 4 nitrogen and oxygen atoms in total. The monoisotopic (exact) mass is 267 g/mol. The summed E-state index contributed by atoms with van der Waals surface area (Å²) in [6.45, 7) is 1.77. The van der Waals surface area contributed by atoms with Crippen molar-refractivity contribution in [2.24, 2.45) is 0 Å². The first-order valence-electron chi connectivity index (χ1n) is 5.67. The van der Waals surface area contributed by atoms with Gasteiger partial charge in [-0.2, -0.15) is 0 Å². The Morgan fingerprint density at radius 3 is 2.83 bits per heavy atom. The molecule has 1 heterocycles. The summed E-state index contributed by atoms with van der Waals surface area (Å²) in [5, 5.41) is 17.6. The van der Waals surface area contributed by atoms with Crippen LogP contribution in [-0.4, -0.2) is 47.3 Å². The molecule has 0 aliphatic rings. The molecule has 0 bridgehead atoms. The van der Waals surface area contributed by atoms with Crippen LogP contribution in [0.15, 0.2) is 12.1 Å². The first-order chi connectivity index (χ1) is 8.60. The Kier molecular flexibility index (Phi) is 5.86. The third-order valence-corrected chi connectivity index (χ3v) is 3.50. The maximum absolute atomic E-state index is 12.0. The topological polar surface area (TPSA) is 60.8 Å². The van der Waals surface area contributed by atoms with Crippen molar-refractivity contribution in [1.29, 1.82) is 0 Å². The van der Waals surface area contributed by atoms with Gasteiger partial charge in [-0.25, -0.2) is 0 Å². The number of carbonyl (C=O) groups excluding carboxylic acids is 1. The van der Waals surface area contributed by atoms with Crippen LogP contribution >= 0.6 is 11.3 Å². The molecule has 1 atom stereocenters. The van der Waals surface area contributed by atoms with Crippen LogP contribution in [0.5, 0.6) is 0 Å². The fraction of sp³-hybridized carbons (Fsp3) is 0.462. The van der Waals surface area contributed by atoms with Crippen LogP contribution in [-0.2, 0) is 0 Å². The number of thiophene rings is 1. The molecule has 18 heavy (non-hydrogen) atoms. The number of rotatable bonds is 4. The van der Waals surface area contributed by atoms with Crippen LogP contribution < -0.4 is 0 Å². The average molecular weight is 267 g/mol. The molecule has 0 aliphatic carbocycles. The Balaban J connectivity index is 2.74. The largest absolute Gasteiger partial charge is 0.395 e. The number of carbonyl (C=O) groups is 1. The van der Waals surface area contributed by atoms with Gasteiger partial charge in [0.1, 0.15) is 0 Å². The second-order valence-corrected chi connectivity index (χ2v) is 4.97. The lowest BCUT2D eigenvalue weighted by atomic mass is 10.3. The highest BCUT2D eigenvalue weighted by atomic mass is 32.1. The lowest BCUT2D eigenvalue weighted by molar-refractivity contribution is 0.0687. The second kappa shape index (κ2) is 7.17. The first-order valence-corrected chi connectivity index (χ1v) is 6.49. The van der Waals surface area contributed by atoms with Crippen LogP contribution in [0.1, 0.15) is 27.9 Å². The zero-order chi connectivity index (χ0) is 13.5. The molecule has 1 rings (SSSR count). The van der Waals surface area contributed by atoms with Crippen LogP contribution in [0.2, 0.25) is 0 Å². The summed E-state index contributed by atoms with van der Waals surface area (Å²) >= 11 is 1.32. The van der Waals surface area contributed by atoms with Crippen molar-refractivity contribution in [3.05, 3.63) is 21.9 Å². The van der Waals surface area contributed by atoms with Gasteiger partial charge in [-0.3, -0.25) is 4.79 Å². The molecular weight excluding hydrogens is 250 g/mol. The maximum Gasteiger partial charge on any atom is 0.264 e. The normalized spacial score (nSPS) is 11.6. The quantitative estimate of drug-likeness (QED) is 0.798. The molecule has 0 saturated carbocycles. The molecular formula is C13H17NO3S. The standard InChI is InChI=1S/C13H17NO3S/c1-10(9-16)14(2)13(17)12-7-6-11(18-12)5-3-4-8-15/h6-7,10,15-16H,4,8-9H2,1-2H3. The van der Waals surface area contributed by atoms with Crippen molar-refractivity contribution in [2.45, 2.75) is 19.4 Å². The fourth-order valence-corrected chi connectivity index (χ4v) is 2.09. The predicted octanol–water partition coefficient (Wildman–Crippen LogP) is 0.935. The van der Waals surface area contributed by atoms with E-state index in [2.05, 4.69) is 11.8 Å². The van der Waals surface area contributed by atoms with Gasteiger partial charge in [-0.1, -0.05) is 11.8 Å². The van der Waals surface area contributed by atoms with Gasteiger partial charge in [0.15, 0.2) is 0 Å². The number of nitrogens with zero attached hydrogens (tertiary/aromatic N) is 1. The average Bonchev–Trinajstić information content (AvgIpc) is 2.85. The molecule has 0 aromatic carbocycles. The smallest absolute Gasteiger partial charge is 0.264 e. The number of amides is 1. The van der Waals surface area contributed by atoms with Gasteiger partial charge in [0.25, 0.3) is 5.91 Å². The second-order valence-electron chi connectivity index (χ2n) is 3.89. The SMILES string of the molecule is CC(CO)N(C)C(=O)c1ccc(C#CCCO)s1. The summed E-state index contributed by atoms with van der Waals surface area (Å²) in [6, 6.07) is 3.32. The van der Waals surface area contributed by atoms with E-state index < -0.39 is 0 Å². The van der Waals surface area contributed by atoms with Crippen molar-refractivity contribution < 1.29 is 15.0 Å². The number of aliphatic hydroxyl groups excluding tert-OH is 2. The molecule has 1 unspecified atom stereocenters. The van der Waals surface area contributed by atoms with Crippen LogP contribution in [0, 0.1) is 11.8 Å². The molecule has 0 fully saturated rings. The van der Waals surface area contributed by atoms with E-state index in [-0.39, 0.29) is 25.2 Å². The minimum atomic E-state index is -0.205. The van der Waals surface area contributed by atoms with E-state index in [4.69, 9.17) is 10.2 Å². The van der Waals surface area contributed by atoms with Crippen LogP contribution in [0.4, 0.5) is 0 Å². The Labute approximate surface area is 111 Å². The fourth-order valence-electron chi connectivity index (χ4n) is 1.22. The van der Waals surface area contributed by atoms with Crippen molar-refractivity contribution in [2.75, 3.05) is 20.3 Å². The molecule has 2 N–H and O–H groups in total. The van der Waals surface area contributed by atoms with Gasteiger partial charge in [-0.15, -0.1) is 11.3 Å². The molecule has 0 aliphatic heterocycles. The Hall–Kier alpha value is -1.35. The van der Waals surface area contributed by atoms with E-state index >= 15 is 0 Å². The van der Waals surface area contributed by atoms with Crippen molar-refractivity contribution in [3.63, 3.8) is 0 Å². The van der Waals surface area contributed by atoms with Crippen molar-refractivity contribution >= 4 is 17.2 Å². The third kappa shape index (κ3) is 3.84. The lowest BCUT2D eigenvalue weighted by Gasteiger charge is -2.22. The highest BCUT2D eigenvalue weighted by molar-refractivity contribution is 7.14. The zero-order valence-corrected chi connectivity index (χ0v) is 11.3. The summed E-state index contributed by atoms with van der Waals surface area (Å²) in [6.07, 6.45) is 0.433. The van der Waals surface area contributed by atoms with Gasteiger partial charge in [-0.05, 0) is 19.1 Å². The van der Waals surface area contributed by atoms with E-state index in [1.165, 1.54) is 16.2 Å². The van der Waals surface area contributed by atoms with Crippen LogP contribution in [0.25, 0.3) is 0 Å². The number of likely N-dealkylation sites (N-methyl/N-ethyl adjacent to an activating group) is 1. The Bertz CT molecular complexity index is 458. The highest BCUT2D eigenvalue weighted by Crippen LogP contribution is 2.18. The number of aliphatic hydroxyl groups is 2. The maximum atomic E-state index is 12.0. The van der Waals surface area contributed by atoms with Gasteiger partial charge in [0.05, 0.1) is 29.0 Å². The van der Waals surface area contributed by atoms with E-state index in [1.54, 1.807) is 26.1 Å². The van der Waals surface area contributed by atoms with E-state index in [9.17, 15) is 4.79 Å². The minimum Gasteiger partial charge on any atom is -0.395 e. The van der Waals surface area contributed by atoms with E-state index in [0.717, 1.165) is 4.88 Å². The highest BCUT2D eigenvalue weighted by Gasteiger charge is 2.18. The summed E-state index contributed by atoms with van der Waals surface area (Å²) in [5.74, 6) is 5.59. The summed E-state index contributed by atoms with van der Waals surface area (Å²) < 4.78 is 0. The van der Waals surface area contributed by atoms with Crippen molar-refractivity contribution in [1.82, 2.24) is 4.90 Å². The first kappa shape index (κ1) is 14.7. The van der Waals surface area contributed by atoms with Crippen molar-refractivity contribution in [3.8, 4) is 11.8 Å². The molecule has 1 aromatic rings. The molecule has 0 spiro atoms. The van der Waals surface area contributed by atoms with Gasteiger partial charge >= 0.3 is 0 Å². The lowest BCUT2D eigenvalue weighted by Crippen LogP contribution is -2.36. The molecule has 1 amide bonds. The molecule has 1 aromatic heterocycles. The van der Waals surface area contributed by atoms with Gasteiger partial charge in [0, 0.05) is 13.5 Å². The van der Waals surface area contributed by atoms with Gasteiger partial charge < -0.3 is 15.1 Å². The third-order valence-electron chi connectivity index (χ3n) is 2.51. The Morgan fingerprint density at radius 1 is 1.50 bits per heavy atom. The molecule has 98 valence electrons.